The van der Waals surface area contributed by atoms with Gasteiger partial charge in [-0.25, -0.2) is 4.98 Å². The van der Waals surface area contributed by atoms with E-state index in [0.717, 1.165) is 11.4 Å². The van der Waals surface area contributed by atoms with Crippen molar-refractivity contribution in [1.29, 1.82) is 0 Å². The van der Waals surface area contributed by atoms with Crippen LogP contribution in [0.25, 0.3) is 75.0 Å². The topological polar surface area (TPSA) is 12.9 Å². The Morgan fingerprint density at radius 3 is 1.97 bits per heavy atom. The van der Waals surface area contributed by atoms with E-state index in [1.165, 1.54) is 63.6 Å². The first kappa shape index (κ1) is 19.1. The average molecular weight is 462 g/mol. The molecule has 0 aliphatic heterocycles. The molecule has 8 aromatic rings. The largest absolute Gasteiger partial charge is 0.248 e. The van der Waals surface area contributed by atoms with Crippen molar-refractivity contribution in [2.75, 3.05) is 0 Å². The fraction of sp³-hybridized carbons (Fsp3) is 0. The van der Waals surface area contributed by atoms with Crippen molar-refractivity contribution in [2.45, 2.75) is 0 Å². The molecule has 0 amide bonds. The second-order valence-electron chi connectivity index (χ2n) is 9.16. The van der Waals surface area contributed by atoms with E-state index < -0.39 is 0 Å². The van der Waals surface area contributed by atoms with Crippen molar-refractivity contribution < 1.29 is 0 Å². The maximum Gasteiger partial charge on any atom is 0.0723 e. The molecule has 0 saturated carbocycles. The van der Waals surface area contributed by atoms with Gasteiger partial charge in [0.15, 0.2) is 0 Å². The Bertz CT molecular complexity index is 2050. The molecule has 162 valence electrons. The number of thiophene rings is 1. The van der Waals surface area contributed by atoms with E-state index >= 15 is 0 Å². The normalized spacial score (nSPS) is 12.0. The van der Waals surface area contributed by atoms with E-state index in [-0.39, 0.29) is 0 Å². The molecule has 2 heterocycles. The Kier molecular flexibility index (Phi) is 3.88. The summed E-state index contributed by atoms with van der Waals surface area (Å²) in [4.78, 5) is 5.22. The molecule has 0 spiro atoms. The third-order valence-electron chi connectivity index (χ3n) is 7.23. The fourth-order valence-corrected chi connectivity index (χ4v) is 6.87. The second-order valence-corrected chi connectivity index (χ2v) is 10.2. The second kappa shape index (κ2) is 7.11. The van der Waals surface area contributed by atoms with E-state index in [4.69, 9.17) is 4.98 Å². The molecule has 2 heteroatoms. The summed E-state index contributed by atoms with van der Waals surface area (Å²) in [5, 5.41) is 10.4. The first-order valence-corrected chi connectivity index (χ1v) is 12.7. The van der Waals surface area contributed by atoms with Gasteiger partial charge in [-0.05, 0) is 50.5 Å². The van der Waals surface area contributed by atoms with Crippen LogP contribution in [-0.2, 0) is 0 Å². The fourth-order valence-electron chi connectivity index (χ4n) is 5.64. The van der Waals surface area contributed by atoms with Crippen molar-refractivity contribution in [1.82, 2.24) is 4.98 Å². The summed E-state index contributed by atoms with van der Waals surface area (Å²) >= 11 is 1.85. The lowest BCUT2D eigenvalue weighted by atomic mass is 9.91. The highest BCUT2D eigenvalue weighted by molar-refractivity contribution is 7.26. The van der Waals surface area contributed by atoms with Crippen molar-refractivity contribution in [3.05, 3.63) is 115 Å². The molecule has 6 aromatic carbocycles. The summed E-state index contributed by atoms with van der Waals surface area (Å²) in [7, 11) is 0. The van der Waals surface area contributed by atoms with Crippen molar-refractivity contribution >= 4 is 63.8 Å². The lowest BCUT2D eigenvalue weighted by molar-refractivity contribution is 1.34. The number of hydrogen-bond donors (Lipinski definition) is 0. The van der Waals surface area contributed by atoms with Crippen LogP contribution in [0.15, 0.2) is 115 Å². The van der Waals surface area contributed by atoms with Gasteiger partial charge < -0.3 is 0 Å². The third kappa shape index (κ3) is 2.72. The Morgan fingerprint density at radius 2 is 1.09 bits per heavy atom. The minimum Gasteiger partial charge on any atom is -0.248 e. The van der Waals surface area contributed by atoms with E-state index in [1.54, 1.807) is 0 Å². The van der Waals surface area contributed by atoms with Gasteiger partial charge in [-0.1, -0.05) is 97.1 Å². The number of aromatic nitrogens is 1. The van der Waals surface area contributed by atoms with Crippen molar-refractivity contribution in [3.63, 3.8) is 0 Å². The van der Waals surface area contributed by atoms with Crippen LogP contribution in [0.1, 0.15) is 0 Å². The maximum atomic E-state index is 5.22. The third-order valence-corrected chi connectivity index (χ3v) is 8.45. The first-order valence-electron chi connectivity index (χ1n) is 11.9. The summed E-state index contributed by atoms with van der Waals surface area (Å²) in [6.45, 7) is 0. The molecule has 8 rings (SSSR count). The summed E-state index contributed by atoms with van der Waals surface area (Å²) in [6.07, 6.45) is 0. The van der Waals surface area contributed by atoms with Crippen molar-refractivity contribution in [3.8, 4) is 22.5 Å². The highest BCUT2D eigenvalue weighted by atomic mass is 32.1. The number of benzene rings is 6. The smallest absolute Gasteiger partial charge is 0.0723 e. The highest BCUT2D eigenvalue weighted by Crippen LogP contribution is 2.41. The van der Waals surface area contributed by atoms with Crippen LogP contribution in [-0.4, -0.2) is 4.98 Å². The molecule has 0 aliphatic carbocycles. The molecular formula is C33H19NS. The number of fused-ring (bicyclic) bond motifs is 3. The Hall–Kier alpha value is -4.27. The lowest BCUT2D eigenvalue weighted by Gasteiger charge is -2.14. The molecule has 1 nitrogen and oxygen atoms in total. The molecule has 0 unspecified atom stereocenters. The molecule has 0 N–H and O–H groups in total. The van der Waals surface area contributed by atoms with E-state index in [9.17, 15) is 0 Å². The molecule has 0 atom stereocenters. The van der Waals surface area contributed by atoms with Crippen LogP contribution in [0.5, 0.6) is 0 Å². The Labute approximate surface area is 206 Å². The number of hydrogen-bond acceptors (Lipinski definition) is 2. The van der Waals surface area contributed by atoms with Gasteiger partial charge in [0.25, 0.3) is 0 Å². The van der Waals surface area contributed by atoms with Crippen LogP contribution in [0.2, 0.25) is 0 Å². The zero-order chi connectivity index (χ0) is 22.9. The summed E-state index contributed by atoms with van der Waals surface area (Å²) in [5.41, 5.74) is 4.41. The molecule has 0 radical (unpaired) electrons. The van der Waals surface area contributed by atoms with Crippen molar-refractivity contribution in [2.24, 2.45) is 0 Å². The van der Waals surface area contributed by atoms with Gasteiger partial charge in [0.2, 0.25) is 0 Å². The van der Waals surface area contributed by atoms with Crippen LogP contribution >= 0.6 is 11.3 Å². The molecule has 0 aliphatic rings. The highest BCUT2D eigenvalue weighted by Gasteiger charge is 2.15. The van der Waals surface area contributed by atoms with Gasteiger partial charge in [-0.3, -0.25) is 0 Å². The SMILES string of the molecule is c1cc(-c2ccc3ccc4cccc5ccc2c3c45)nc(-c2cccc3c2sc2ccccc23)c1. The Balaban J connectivity index is 1.38. The van der Waals surface area contributed by atoms with E-state index in [2.05, 4.69) is 115 Å². The van der Waals surface area contributed by atoms with E-state index in [0.29, 0.717) is 0 Å². The average Bonchev–Trinajstić information content (AvgIpc) is 3.31. The lowest BCUT2D eigenvalue weighted by Crippen LogP contribution is -1.91. The quantitative estimate of drug-likeness (QED) is 0.233. The number of nitrogens with zero attached hydrogens (tertiary/aromatic N) is 1. The molecule has 0 saturated heterocycles. The summed E-state index contributed by atoms with van der Waals surface area (Å²) in [6, 6.07) is 41.7. The van der Waals surface area contributed by atoms with Crippen LogP contribution in [0.4, 0.5) is 0 Å². The number of pyridine rings is 1. The summed E-state index contributed by atoms with van der Waals surface area (Å²) in [5.74, 6) is 0. The molecular weight excluding hydrogens is 442 g/mol. The van der Waals surface area contributed by atoms with Gasteiger partial charge >= 0.3 is 0 Å². The molecule has 2 aromatic heterocycles. The minimum atomic E-state index is 1.01. The summed E-state index contributed by atoms with van der Waals surface area (Å²) < 4.78 is 2.62. The van der Waals surface area contributed by atoms with Crippen LogP contribution < -0.4 is 0 Å². The molecule has 35 heavy (non-hydrogen) atoms. The zero-order valence-corrected chi connectivity index (χ0v) is 19.6. The number of rotatable bonds is 2. The maximum absolute atomic E-state index is 5.22. The zero-order valence-electron chi connectivity index (χ0n) is 18.8. The van der Waals surface area contributed by atoms with Crippen LogP contribution in [0, 0.1) is 0 Å². The van der Waals surface area contributed by atoms with Gasteiger partial charge in [-0.2, -0.15) is 0 Å². The Morgan fingerprint density at radius 1 is 0.429 bits per heavy atom. The van der Waals surface area contributed by atoms with Gasteiger partial charge in [0.1, 0.15) is 0 Å². The first-order chi connectivity index (χ1) is 17.3. The van der Waals surface area contributed by atoms with E-state index in [1.807, 2.05) is 11.3 Å². The predicted octanol–water partition coefficient (Wildman–Crippen LogP) is 9.68. The van der Waals surface area contributed by atoms with Gasteiger partial charge in [0.05, 0.1) is 11.4 Å². The predicted molar refractivity (Wildman–Crippen MR) is 152 cm³/mol. The van der Waals surface area contributed by atoms with Crippen LogP contribution in [0.3, 0.4) is 0 Å². The molecule has 0 bridgehead atoms. The molecule has 0 fully saturated rings. The standard InChI is InChI=1S/C33H19NS/c1-2-13-30-24(8-1)26-9-4-10-27(33(26)35-30)29-12-5-11-28(34-29)23-18-16-22-15-14-20-6-3-7-21-17-19-25(23)32(22)31(20)21/h1-19H. The minimum absolute atomic E-state index is 1.01. The van der Waals surface area contributed by atoms with Gasteiger partial charge in [0, 0.05) is 31.3 Å². The van der Waals surface area contributed by atoms with Gasteiger partial charge in [-0.15, -0.1) is 11.3 Å². The monoisotopic (exact) mass is 461 g/mol.